The van der Waals surface area contributed by atoms with Crippen molar-refractivity contribution in [2.75, 3.05) is 30.5 Å². The van der Waals surface area contributed by atoms with Crippen molar-refractivity contribution in [3.05, 3.63) is 47.5 Å². The molecule has 0 spiro atoms. The van der Waals surface area contributed by atoms with Crippen LogP contribution in [0.4, 0.5) is 17.1 Å². The van der Waals surface area contributed by atoms with E-state index in [0.717, 1.165) is 17.1 Å². The fraction of sp³-hybridized carbons (Fsp3) is 0.235. The molecule has 2 aromatic rings. The maximum atomic E-state index is 12.7. The van der Waals surface area contributed by atoms with Crippen LogP contribution in [-0.2, 0) is 4.79 Å². The predicted molar refractivity (Wildman–Crippen MR) is 89.5 cm³/mol. The van der Waals surface area contributed by atoms with Crippen LogP contribution in [0, 0.1) is 0 Å². The third kappa shape index (κ3) is 2.50. The van der Waals surface area contributed by atoms with E-state index in [-0.39, 0.29) is 5.91 Å². The van der Waals surface area contributed by atoms with E-state index in [4.69, 9.17) is 16.3 Å². The number of hydrogen-bond acceptors (Lipinski definition) is 3. The molecule has 0 aliphatic carbocycles. The van der Waals surface area contributed by atoms with E-state index in [0.29, 0.717) is 23.7 Å². The summed E-state index contributed by atoms with van der Waals surface area (Å²) in [6.07, 6.45) is 0.431. The smallest absolute Gasteiger partial charge is 0.233 e. The fourth-order valence-electron chi connectivity index (χ4n) is 2.71. The quantitative estimate of drug-likeness (QED) is 0.843. The molecule has 0 radical (unpaired) electrons. The number of carbonyl (C=O) groups excluding carboxylic acids is 1. The molecule has 1 amide bonds. The number of halogens is 1. The van der Waals surface area contributed by atoms with Gasteiger partial charge in [0.05, 0.1) is 24.2 Å². The molecule has 0 fully saturated rings. The van der Waals surface area contributed by atoms with Crippen molar-refractivity contribution in [2.45, 2.75) is 6.42 Å². The molecule has 1 heterocycles. The summed E-state index contributed by atoms with van der Waals surface area (Å²) in [5.41, 5.74) is 2.48. The summed E-state index contributed by atoms with van der Waals surface area (Å²) in [7, 11) is 3.58. The largest absolute Gasteiger partial charge is 0.495 e. The zero-order valence-electron chi connectivity index (χ0n) is 12.5. The highest BCUT2D eigenvalue weighted by molar-refractivity contribution is 6.31. The van der Waals surface area contributed by atoms with Crippen molar-refractivity contribution in [2.24, 2.45) is 0 Å². The maximum absolute atomic E-state index is 12.7. The van der Waals surface area contributed by atoms with Gasteiger partial charge in [-0.25, -0.2) is 0 Å². The van der Waals surface area contributed by atoms with Crippen molar-refractivity contribution < 1.29 is 9.53 Å². The Hall–Kier alpha value is -2.20. The van der Waals surface area contributed by atoms with E-state index in [2.05, 4.69) is 4.90 Å². The fourth-order valence-corrected chi connectivity index (χ4v) is 2.87. The number of ether oxygens (including phenoxy) is 1. The van der Waals surface area contributed by atoms with Crippen molar-refractivity contribution in [3.8, 4) is 5.75 Å². The molecule has 3 rings (SSSR count). The second-order valence-corrected chi connectivity index (χ2v) is 5.64. The van der Waals surface area contributed by atoms with E-state index in [9.17, 15) is 4.79 Å². The summed E-state index contributed by atoms with van der Waals surface area (Å²) < 4.78 is 5.42. The van der Waals surface area contributed by atoms with Crippen LogP contribution < -0.4 is 14.5 Å². The third-order valence-electron chi connectivity index (χ3n) is 3.83. The maximum Gasteiger partial charge on any atom is 0.233 e. The Kier molecular flexibility index (Phi) is 3.94. The van der Waals surface area contributed by atoms with E-state index < -0.39 is 0 Å². The van der Waals surface area contributed by atoms with Crippen LogP contribution in [0.15, 0.2) is 42.5 Å². The minimum absolute atomic E-state index is 0.0253. The Labute approximate surface area is 134 Å². The second-order valence-electron chi connectivity index (χ2n) is 5.21. The molecule has 0 aromatic heterocycles. The van der Waals surface area contributed by atoms with Gasteiger partial charge in [-0.15, -0.1) is 0 Å². The molecule has 5 heteroatoms. The van der Waals surface area contributed by atoms with Gasteiger partial charge in [0.1, 0.15) is 5.75 Å². The number of nitrogens with zero attached hydrogens (tertiary/aromatic N) is 2. The molecule has 1 aliphatic heterocycles. The first-order valence-corrected chi connectivity index (χ1v) is 7.46. The van der Waals surface area contributed by atoms with Crippen molar-refractivity contribution in [1.29, 1.82) is 0 Å². The average molecular weight is 317 g/mol. The number of methoxy groups -OCH3 is 1. The molecule has 1 aliphatic rings. The molecule has 2 aromatic carbocycles. The molecule has 114 valence electrons. The Balaban J connectivity index is 2.23. The number of hydrogen-bond donors (Lipinski definition) is 0. The molecule has 0 bridgehead atoms. The lowest BCUT2D eigenvalue weighted by molar-refractivity contribution is -0.117. The highest BCUT2D eigenvalue weighted by Crippen LogP contribution is 2.41. The molecule has 0 saturated heterocycles. The molecule has 0 atom stereocenters. The summed E-state index contributed by atoms with van der Waals surface area (Å²) in [6.45, 7) is 0.666. The minimum Gasteiger partial charge on any atom is -0.495 e. The second kappa shape index (κ2) is 5.89. The van der Waals surface area contributed by atoms with Gasteiger partial charge in [0, 0.05) is 25.0 Å². The van der Waals surface area contributed by atoms with Crippen LogP contribution in [0.25, 0.3) is 0 Å². The van der Waals surface area contributed by atoms with Gasteiger partial charge in [-0.05, 0) is 30.3 Å². The summed E-state index contributed by atoms with van der Waals surface area (Å²) in [5.74, 6) is 0.684. The number of benzene rings is 2. The van der Waals surface area contributed by atoms with E-state index in [1.807, 2.05) is 49.5 Å². The number of amides is 1. The Morgan fingerprint density at radius 2 is 1.86 bits per heavy atom. The molecular weight excluding hydrogens is 300 g/mol. The first kappa shape index (κ1) is 14.7. The van der Waals surface area contributed by atoms with Crippen LogP contribution >= 0.6 is 11.6 Å². The zero-order valence-corrected chi connectivity index (χ0v) is 13.3. The average Bonchev–Trinajstić information content (AvgIpc) is 2.64. The minimum atomic E-state index is 0.0253. The first-order valence-electron chi connectivity index (χ1n) is 7.08. The summed E-state index contributed by atoms with van der Waals surface area (Å²) in [4.78, 5) is 16.5. The summed E-state index contributed by atoms with van der Waals surface area (Å²) in [6, 6.07) is 13.1. The van der Waals surface area contributed by atoms with Crippen LogP contribution in [0.1, 0.15) is 6.42 Å². The van der Waals surface area contributed by atoms with Gasteiger partial charge in [-0.2, -0.15) is 0 Å². The number of fused-ring (bicyclic) bond motifs is 1. The van der Waals surface area contributed by atoms with Crippen molar-refractivity contribution >= 4 is 34.6 Å². The lowest BCUT2D eigenvalue weighted by Crippen LogP contribution is -2.25. The van der Waals surface area contributed by atoms with Crippen LogP contribution in [0.2, 0.25) is 5.02 Å². The van der Waals surface area contributed by atoms with Crippen molar-refractivity contribution in [3.63, 3.8) is 0 Å². The third-order valence-corrected chi connectivity index (χ3v) is 4.06. The predicted octanol–water partition coefficient (Wildman–Crippen LogP) is 3.85. The van der Waals surface area contributed by atoms with E-state index in [1.54, 1.807) is 12.0 Å². The number of para-hydroxylation sites is 2. The van der Waals surface area contributed by atoms with Gasteiger partial charge >= 0.3 is 0 Å². The van der Waals surface area contributed by atoms with Crippen LogP contribution in [0.5, 0.6) is 5.75 Å². The normalized spacial score (nSPS) is 14.6. The van der Waals surface area contributed by atoms with Crippen LogP contribution in [0.3, 0.4) is 0 Å². The first-order chi connectivity index (χ1) is 10.6. The summed E-state index contributed by atoms with van der Waals surface area (Å²) in [5, 5.41) is 0.599. The van der Waals surface area contributed by atoms with Crippen molar-refractivity contribution in [1.82, 2.24) is 0 Å². The molecule has 0 saturated carbocycles. The Bertz CT molecular complexity index is 718. The van der Waals surface area contributed by atoms with Gasteiger partial charge in [-0.3, -0.25) is 9.69 Å². The molecule has 0 N–H and O–H groups in total. The SMILES string of the molecule is COc1ccccc1N1C(=O)CCN(C)c2ccc(Cl)cc21. The zero-order chi connectivity index (χ0) is 15.7. The molecule has 22 heavy (non-hydrogen) atoms. The van der Waals surface area contributed by atoms with Gasteiger partial charge in [0.2, 0.25) is 5.91 Å². The standard InChI is InChI=1S/C17H17ClN2O2/c1-19-10-9-17(21)20(14-5-3-4-6-16(14)22-2)15-11-12(18)7-8-13(15)19/h3-8,11H,9-10H2,1-2H3. The summed E-state index contributed by atoms with van der Waals surface area (Å²) >= 11 is 6.16. The number of rotatable bonds is 2. The monoisotopic (exact) mass is 316 g/mol. The lowest BCUT2D eigenvalue weighted by Gasteiger charge is -2.26. The van der Waals surface area contributed by atoms with Crippen LogP contribution in [-0.4, -0.2) is 26.6 Å². The number of carbonyl (C=O) groups is 1. The lowest BCUT2D eigenvalue weighted by atomic mass is 10.2. The highest BCUT2D eigenvalue weighted by Gasteiger charge is 2.28. The van der Waals surface area contributed by atoms with Gasteiger partial charge in [0.25, 0.3) is 0 Å². The van der Waals surface area contributed by atoms with E-state index in [1.165, 1.54) is 0 Å². The number of anilines is 3. The molecule has 0 unspecified atom stereocenters. The van der Waals surface area contributed by atoms with Gasteiger partial charge < -0.3 is 9.64 Å². The molecule has 4 nitrogen and oxygen atoms in total. The topological polar surface area (TPSA) is 32.8 Å². The Morgan fingerprint density at radius 1 is 1.09 bits per heavy atom. The molecular formula is C17H17ClN2O2. The Morgan fingerprint density at radius 3 is 2.64 bits per heavy atom. The highest BCUT2D eigenvalue weighted by atomic mass is 35.5. The van der Waals surface area contributed by atoms with E-state index >= 15 is 0 Å². The van der Waals surface area contributed by atoms with Gasteiger partial charge in [-0.1, -0.05) is 23.7 Å². The van der Waals surface area contributed by atoms with Gasteiger partial charge in [0.15, 0.2) is 0 Å².